The molecule has 1 aromatic heterocycles. The van der Waals surface area contributed by atoms with Gasteiger partial charge in [0.05, 0.1) is 28.4 Å². The minimum Gasteiger partial charge on any atom is -0.345 e. The number of amides is 2. The van der Waals surface area contributed by atoms with Gasteiger partial charge in [0.25, 0.3) is 5.91 Å². The molecule has 3 aromatic carbocycles. The molecular weight excluding hydrogens is 642 g/mol. The minimum atomic E-state index is -4.60. The zero-order chi connectivity index (χ0) is 32.5. The molecule has 3 heterocycles. The van der Waals surface area contributed by atoms with Crippen LogP contribution in [0.4, 0.5) is 18.9 Å². The first-order valence-electron chi connectivity index (χ1n) is 14.5. The number of nitrogens with zero attached hydrogens (tertiary/aromatic N) is 5. The van der Waals surface area contributed by atoms with Gasteiger partial charge in [-0.2, -0.15) is 17.5 Å². The number of nitrogens with one attached hydrogen (secondary N) is 1. The highest BCUT2D eigenvalue weighted by molar-refractivity contribution is 7.99. The average Bonchev–Trinajstić information content (AvgIpc) is 3.83. The number of hydrogen-bond donors (Lipinski definition) is 1. The van der Waals surface area contributed by atoms with Crippen LogP contribution in [0.5, 0.6) is 0 Å². The normalized spacial score (nSPS) is 15.2. The highest BCUT2D eigenvalue weighted by Crippen LogP contribution is 2.33. The molecule has 0 bridgehead atoms. The third-order valence-corrected chi connectivity index (χ3v) is 10.7. The number of thioether (sulfide) groups is 1. The number of anilines is 1. The summed E-state index contributed by atoms with van der Waals surface area (Å²) in [5.74, 6) is -0.619. The Morgan fingerprint density at radius 3 is 2.39 bits per heavy atom. The van der Waals surface area contributed by atoms with Crippen molar-refractivity contribution >= 4 is 39.3 Å². The van der Waals surface area contributed by atoms with E-state index in [0.29, 0.717) is 19.6 Å². The number of para-hydroxylation sites is 1. The first-order chi connectivity index (χ1) is 22.0. The van der Waals surface area contributed by atoms with Gasteiger partial charge in [0.1, 0.15) is 0 Å². The predicted molar refractivity (Wildman–Crippen MR) is 165 cm³/mol. The monoisotopic (exact) mass is 670 g/mol. The first kappa shape index (κ1) is 31.8. The molecule has 4 aromatic rings. The lowest BCUT2D eigenvalue weighted by Gasteiger charge is -2.17. The third kappa shape index (κ3) is 6.52. The second-order valence-corrected chi connectivity index (χ2v) is 13.7. The van der Waals surface area contributed by atoms with Gasteiger partial charge in [-0.3, -0.25) is 14.2 Å². The average molecular weight is 671 g/mol. The predicted octanol–water partition coefficient (Wildman–Crippen LogP) is 4.68. The SMILES string of the molecule is O=C(NCc1nnc(SCC(=O)N2CCc3ccccc32)n1-c1cccc(C(F)(F)F)c1)c1ccc(S(=O)(=O)N2CCCC2)cc1. The summed E-state index contributed by atoms with van der Waals surface area (Å²) >= 11 is 1.03. The molecule has 0 unspecified atom stereocenters. The lowest BCUT2D eigenvalue weighted by atomic mass is 10.2. The molecule has 1 N–H and O–H groups in total. The highest BCUT2D eigenvalue weighted by atomic mass is 32.2. The summed E-state index contributed by atoms with van der Waals surface area (Å²) in [4.78, 5) is 27.9. The number of sulfonamides is 1. The van der Waals surface area contributed by atoms with Gasteiger partial charge < -0.3 is 10.2 Å². The van der Waals surface area contributed by atoms with Gasteiger partial charge in [-0.15, -0.1) is 10.2 Å². The van der Waals surface area contributed by atoms with Crippen molar-refractivity contribution in [1.82, 2.24) is 24.4 Å². The second kappa shape index (κ2) is 12.9. The van der Waals surface area contributed by atoms with Gasteiger partial charge in [0, 0.05) is 30.9 Å². The third-order valence-electron chi connectivity index (χ3n) is 7.87. The Balaban J connectivity index is 1.20. The van der Waals surface area contributed by atoms with Crippen LogP contribution < -0.4 is 10.2 Å². The van der Waals surface area contributed by atoms with Crippen LogP contribution in [0.15, 0.2) is 82.8 Å². The van der Waals surface area contributed by atoms with Crippen molar-refractivity contribution in [3.63, 3.8) is 0 Å². The Morgan fingerprint density at radius 1 is 0.913 bits per heavy atom. The zero-order valence-electron chi connectivity index (χ0n) is 24.4. The maximum Gasteiger partial charge on any atom is 0.416 e. The van der Waals surface area contributed by atoms with E-state index < -0.39 is 27.7 Å². The Kier molecular flexibility index (Phi) is 8.90. The molecule has 1 saturated heterocycles. The van der Waals surface area contributed by atoms with Crippen molar-refractivity contribution in [3.05, 3.63) is 95.3 Å². The molecule has 1 fully saturated rings. The summed E-state index contributed by atoms with van der Waals surface area (Å²) < 4.78 is 69.2. The van der Waals surface area contributed by atoms with E-state index in [9.17, 15) is 31.2 Å². The molecular formula is C31H29F3N6O4S2. The summed E-state index contributed by atoms with van der Waals surface area (Å²) in [7, 11) is -3.65. The fourth-order valence-corrected chi connectivity index (χ4v) is 7.87. The molecule has 0 spiro atoms. The highest BCUT2D eigenvalue weighted by Gasteiger charge is 2.32. The summed E-state index contributed by atoms with van der Waals surface area (Å²) in [6.07, 6.45) is -2.27. The summed E-state index contributed by atoms with van der Waals surface area (Å²) in [5, 5.41) is 11.2. The van der Waals surface area contributed by atoms with E-state index in [2.05, 4.69) is 15.5 Å². The minimum absolute atomic E-state index is 0.0372. The molecule has 0 aliphatic carbocycles. The van der Waals surface area contributed by atoms with E-state index in [0.717, 1.165) is 54.4 Å². The summed E-state index contributed by atoms with van der Waals surface area (Å²) in [5.41, 5.74) is 1.32. The number of benzene rings is 3. The first-order valence-corrected chi connectivity index (χ1v) is 17.0. The number of carbonyl (C=O) groups excluding carboxylic acids is 2. The van der Waals surface area contributed by atoms with Gasteiger partial charge in [-0.25, -0.2) is 8.42 Å². The van der Waals surface area contributed by atoms with Crippen molar-refractivity contribution in [2.75, 3.05) is 30.3 Å². The molecule has 0 saturated carbocycles. The molecule has 240 valence electrons. The molecule has 10 nitrogen and oxygen atoms in total. The Morgan fingerprint density at radius 2 is 1.65 bits per heavy atom. The molecule has 0 radical (unpaired) electrons. The number of carbonyl (C=O) groups is 2. The molecule has 0 atom stereocenters. The number of alkyl halides is 3. The fraction of sp³-hybridized carbons (Fsp3) is 0.290. The van der Waals surface area contributed by atoms with Crippen molar-refractivity contribution in [2.45, 2.75) is 42.0 Å². The van der Waals surface area contributed by atoms with Crippen molar-refractivity contribution < 1.29 is 31.2 Å². The van der Waals surface area contributed by atoms with E-state index in [1.807, 2.05) is 24.3 Å². The summed E-state index contributed by atoms with van der Waals surface area (Å²) in [6.45, 7) is 1.24. The van der Waals surface area contributed by atoms with Crippen LogP contribution in [0.25, 0.3) is 5.69 Å². The lowest BCUT2D eigenvalue weighted by molar-refractivity contribution is -0.137. The summed E-state index contributed by atoms with van der Waals surface area (Å²) in [6, 6.07) is 17.8. The lowest BCUT2D eigenvalue weighted by Crippen LogP contribution is -2.30. The van der Waals surface area contributed by atoms with Gasteiger partial charge in [-0.05, 0) is 73.4 Å². The largest absolute Gasteiger partial charge is 0.416 e. The van der Waals surface area contributed by atoms with E-state index >= 15 is 0 Å². The molecule has 15 heteroatoms. The molecule has 46 heavy (non-hydrogen) atoms. The molecule has 2 aliphatic heterocycles. The number of hydrogen-bond acceptors (Lipinski definition) is 7. The maximum absolute atomic E-state index is 13.6. The van der Waals surface area contributed by atoms with Crippen LogP contribution >= 0.6 is 11.8 Å². The number of halogens is 3. The number of aromatic nitrogens is 3. The van der Waals surface area contributed by atoms with E-state index in [1.165, 1.54) is 45.3 Å². The Hall–Kier alpha value is -4.21. The van der Waals surface area contributed by atoms with Crippen LogP contribution in [0.1, 0.15) is 40.2 Å². The topological polar surface area (TPSA) is 117 Å². The zero-order valence-corrected chi connectivity index (χ0v) is 26.0. The Labute approximate surface area is 267 Å². The van der Waals surface area contributed by atoms with Crippen LogP contribution in [-0.4, -0.2) is 64.7 Å². The van der Waals surface area contributed by atoms with Crippen LogP contribution in [0.3, 0.4) is 0 Å². The van der Waals surface area contributed by atoms with E-state index in [-0.39, 0.29) is 45.3 Å². The molecule has 2 aliphatic rings. The van der Waals surface area contributed by atoms with Gasteiger partial charge in [-0.1, -0.05) is 36.0 Å². The van der Waals surface area contributed by atoms with E-state index in [1.54, 1.807) is 4.90 Å². The quantitative estimate of drug-likeness (QED) is 0.257. The maximum atomic E-state index is 13.6. The number of rotatable bonds is 9. The Bertz CT molecular complexity index is 1870. The van der Waals surface area contributed by atoms with Gasteiger partial charge in [0.15, 0.2) is 11.0 Å². The van der Waals surface area contributed by atoms with Crippen molar-refractivity contribution in [1.29, 1.82) is 0 Å². The van der Waals surface area contributed by atoms with E-state index in [4.69, 9.17) is 0 Å². The molecule has 2 amide bonds. The standard InChI is InChI=1S/C31H29F3N6O4S2/c32-31(33,34)23-7-5-8-24(18-23)40-27(36-37-30(40)45-20-28(41)39-17-14-21-6-1-2-9-26(21)39)19-35-29(42)22-10-12-25(13-11-22)46(43,44)38-15-3-4-16-38/h1-2,5-13,18H,3-4,14-17,19-20H2,(H,35,42). The fourth-order valence-electron chi connectivity index (χ4n) is 5.51. The number of fused-ring (bicyclic) bond motifs is 1. The van der Waals surface area contributed by atoms with Crippen LogP contribution in [0.2, 0.25) is 0 Å². The second-order valence-electron chi connectivity index (χ2n) is 10.8. The van der Waals surface area contributed by atoms with Crippen LogP contribution in [-0.2, 0) is 34.0 Å². The van der Waals surface area contributed by atoms with Gasteiger partial charge >= 0.3 is 6.18 Å². The van der Waals surface area contributed by atoms with Crippen molar-refractivity contribution in [3.8, 4) is 5.69 Å². The van der Waals surface area contributed by atoms with Gasteiger partial charge in [0.2, 0.25) is 15.9 Å². The van der Waals surface area contributed by atoms with Crippen molar-refractivity contribution in [2.24, 2.45) is 0 Å². The van der Waals surface area contributed by atoms with Crippen LogP contribution in [0, 0.1) is 0 Å². The molecule has 6 rings (SSSR count). The smallest absolute Gasteiger partial charge is 0.345 e.